The summed E-state index contributed by atoms with van der Waals surface area (Å²) in [5.74, 6) is 0. The quantitative estimate of drug-likeness (QED) is 0.559. The first-order valence-electron chi connectivity index (χ1n) is 3.04. The van der Waals surface area contributed by atoms with Gasteiger partial charge in [-0.25, -0.2) is 0 Å². The van der Waals surface area contributed by atoms with E-state index in [1.807, 2.05) is 6.92 Å². The lowest BCUT2D eigenvalue weighted by Gasteiger charge is -2.00. The number of aryl methyl sites for hydroxylation is 2. The molecule has 2 N–H and O–H groups in total. The predicted octanol–water partition coefficient (Wildman–Crippen LogP) is 0.276. The molecule has 54 valence electrons. The average Bonchev–Trinajstić information content (AvgIpc) is 1.84. The molecule has 1 heterocycles. The van der Waals surface area contributed by atoms with Gasteiger partial charge >= 0.3 is 0 Å². The van der Waals surface area contributed by atoms with Gasteiger partial charge in [0.15, 0.2) is 0 Å². The van der Waals surface area contributed by atoms with Crippen molar-refractivity contribution in [3.05, 3.63) is 28.2 Å². The highest BCUT2D eigenvalue weighted by Gasteiger charge is 1.94. The Kier molecular flexibility index (Phi) is 1.49. The molecule has 0 saturated heterocycles. The van der Waals surface area contributed by atoms with Crippen LogP contribution in [0.15, 0.2) is 17.1 Å². The summed E-state index contributed by atoms with van der Waals surface area (Å²) in [6, 6.07) is 1.43. The monoisotopic (exact) mass is 138 g/mol. The molecule has 10 heavy (non-hydrogen) atoms. The Labute approximate surface area is 59.1 Å². The summed E-state index contributed by atoms with van der Waals surface area (Å²) in [7, 11) is 1.70. The van der Waals surface area contributed by atoms with Crippen LogP contribution in [0.4, 0.5) is 5.69 Å². The van der Waals surface area contributed by atoms with Crippen molar-refractivity contribution in [1.29, 1.82) is 0 Å². The van der Waals surface area contributed by atoms with Gasteiger partial charge in [0.2, 0.25) is 0 Å². The van der Waals surface area contributed by atoms with Crippen molar-refractivity contribution in [3.63, 3.8) is 0 Å². The van der Waals surface area contributed by atoms with Crippen molar-refractivity contribution in [2.45, 2.75) is 6.92 Å². The molecule has 0 radical (unpaired) electrons. The number of aromatic nitrogens is 1. The SMILES string of the molecule is Cc1cn(C)c(=O)cc1N. The largest absolute Gasteiger partial charge is 0.398 e. The Bertz CT molecular complexity index is 301. The zero-order valence-corrected chi connectivity index (χ0v) is 6.09. The Morgan fingerprint density at radius 2 is 2.20 bits per heavy atom. The van der Waals surface area contributed by atoms with Crippen LogP contribution in [0, 0.1) is 6.92 Å². The van der Waals surface area contributed by atoms with E-state index in [0.717, 1.165) is 5.56 Å². The molecular weight excluding hydrogens is 128 g/mol. The topological polar surface area (TPSA) is 48.0 Å². The fourth-order valence-electron chi connectivity index (χ4n) is 0.777. The van der Waals surface area contributed by atoms with Gasteiger partial charge in [-0.15, -0.1) is 0 Å². The summed E-state index contributed by atoms with van der Waals surface area (Å²) in [5.41, 5.74) is 6.90. The highest BCUT2D eigenvalue weighted by Crippen LogP contribution is 2.03. The van der Waals surface area contributed by atoms with Crippen LogP contribution in [0.25, 0.3) is 0 Å². The van der Waals surface area contributed by atoms with Crippen LogP contribution in [-0.2, 0) is 7.05 Å². The van der Waals surface area contributed by atoms with Gasteiger partial charge in [-0.05, 0) is 12.5 Å². The number of hydrogen-bond donors (Lipinski definition) is 1. The number of anilines is 1. The van der Waals surface area contributed by atoms with Crippen molar-refractivity contribution in [2.75, 3.05) is 5.73 Å². The summed E-state index contributed by atoms with van der Waals surface area (Å²) in [5, 5.41) is 0. The lowest BCUT2D eigenvalue weighted by molar-refractivity contribution is 0.854. The predicted molar refractivity (Wildman–Crippen MR) is 40.8 cm³/mol. The van der Waals surface area contributed by atoms with Gasteiger partial charge in [0, 0.05) is 25.0 Å². The first kappa shape index (κ1) is 6.86. The highest BCUT2D eigenvalue weighted by atomic mass is 16.1. The summed E-state index contributed by atoms with van der Waals surface area (Å²) >= 11 is 0. The molecule has 0 unspecified atom stereocenters. The van der Waals surface area contributed by atoms with E-state index in [9.17, 15) is 4.79 Å². The van der Waals surface area contributed by atoms with Crippen LogP contribution in [0.2, 0.25) is 0 Å². The molecule has 0 aliphatic carbocycles. The zero-order chi connectivity index (χ0) is 7.72. The van der Waals surface area contributed by atoms with E-state index in [0.29, 0.717) is 5.69 Å². The van der Waals surface area contributed by atoms with Gasteiger partial charge < -0.3 is 10.3 Å². The minimum absolute atomic E-state index is 0.0666. The first-order chi connectivity index (χ1) is 4.61. The van der Waals surface area contributed by atoms with Crippen LogP contribution in [0.1, 0.15) is 5.56 Å². The molecule has 0 aliphatic heterocycles. The van der Waals surface area contributed by atoms with Crippen molar-refractivity contribution in [2.24, 2.45) is 7.05 Å². The molecule has 1 aromatic heterocycles. The second kappa shape index (κ2) is 2.17. The Morgan fingerprint density at radius 3 is 2.70 bits per heavy atom. The van der Waals surface area contributed by atoms with Gasteiger partial charge in [-0.2, -0.15) is 0 Å². The average molecular weight is 138 g/mol. The van der Waals surface area contributed by atoms with Crippen LogP contribution in [0.5, 0.6) is 0 Å². The molecule has 3 heteroatoms. The molecule has 0 atom stereocenters. The van der Waals surface area contributed by atoms with Crippen molar-refractivity contribution < 1.29 is 0 Å². The van der Waals surface area contributed by atoms with Gasteiger partial charge in [0.25, 0.3) is 5.56 Å². The molecule has 0 amide bonds. The van der Waals surface area contributed by atoms with Crippen molar-refractivity contribution in [1.82, 2.24) is 4.57 Å². The van der Waals surface area contributed by atoms with Gasteiger partial charge in [-0.1, -0.05) is 0 Å². The Balaban J connectivity index is 3.43. The number of nitrogens with two attached hydrogens (primary N) is 1. The van der Waals surface area contributed by atoms with Crippen LogP contribution in [-0.4, -0.2) is 4.57 Å². The van der Waals surface area contributed by atoms with E-state index in [4.69, 9.17) is 5.73 Å². The second-order valence-electron chi connectivity index (χ2n) is 2.36. The normalized spacial score (nSPS) is 9.80. The van der Waals surface area contributed by atoms with E-state index in [1.54, 1.807) is 13.2 Å². The maximum absolute atomic E-state index is 10.9. The highest BCUT2D eigenvalue weighted by molar-refractivity contribution is 5.43. The van der Waals surface area contributed by atoms with E-state index in [1.165, 1.54) is 10.6 Å². The Morgan fingerprint density at radius 1 is 1.60 bits per heavy atom. The van der Waals surface area contributed by atoms with E-state index >= 15 is 0 Å². The van der Waals surface area contributed by atoms with Crippen LogP contribution < -0.4 is 11.3 Å². The minimum atomic E-state index is -0.0666. The minimum Gasteiger partial charge on any atom is -0.398 e. The molecule has 0 aliphatic rings. The summed E-state index contributed by atoms with van der Waals surface area (Å²) in [6.07, 6.45) is 1.72. The third-order valence-electron chi connectivity index (χ3n) is 1.47. The van der Waals surface area contributed by atoms with Gasteiger partial charge in [0.1, 0.15) is 0 Å². The van der Waals surface area contributed by atoms with E-state index in [2.05, 4.69) is 0 Å². The number of nitrogen functional groups attached to an aromatic ring is 1. The lowest BCUT2D eigenvalue weighted by atomic mass is 10.3. The van der Waals surface area contributed by atoms with E-state index < -0.39 is 0 Å². The van der Waals surface area contributed by atoms with Crippen LogP contribution >= 0.6 is 0 Å². The van der Waals surface area contributed by atoms with Crippen molar-refractivity contribution >= 4 is 5.69 Å². The third kappa shape index (κ3) is 1.03. The van der Waals surface area contributed by atoms with E-state index in [-0.39, 0.29) is 5.56 Å². The summed E-state index contributed by atoms with van der Waals surface area (Å²) in [6.45, 7) is 1.87. The molecule has 1 rings (SSSR count). The molecular formula is C7H10N2O. The second-order valence-corrected chi connectivity index (χ2v) is 2.36. The maximum atomic E-state index is 10.9. The first-order valence-corrected chi connectivity index (χ1v) is 3.04. The molecule has 0 bridgehead atoms. The lowest BCUT2D eigenvalue weighted by Crippen LogP contribution is -2.16. The number of rotatable bonds is 0. The number of pyridine rings is 1. The molecule has 1 aromatic rings. The molecule has 3 nitrogen and oxygen atoms in total. The molecule has 0 spiro atoms. The van der Waals surface area contributed by atoms with Gasteiger partial charge in [-0.3, -0.25) is 4.79 Å². The Hall–Kier alpha value is -1.25. The fraction of sp³-hybridized carbons (Fsp3) is 0.286. The zero-order valence-electron chi connectivity index (χ0n) is 6.09. The standard InChI is InChI=1S/C7H10N2O/c1-5-4-9(2)7(10)3-6(5)8/h3-4H,8H2,1-2H3. The summed E-state index contributed by atoms with van der Waals surface area (Å²) in [4.78, 5) is 10.9. The number of nitrogens with zero attached hydrogens (tertiary/aromatic N) is 1. The smallest absolute Gasteiger partial charge is 0.252 e. The molecule has 0 aromatic carbocycles. The molecule has 0 fully saturated rings. The van der Waals surface area contributed by atoms with Gasteiger partial charge in [0.05, 0.1) is 0 Å². The fourth-order valence-corrected chi connectivity index (χ4v) is 0.777. The molecule has 0 saturated carbocycles. The van der Waals surface area contributed by atoms with Crippen molar-refractivity contribution in [3.8, 4) is 0 Å². The third-order valence-corrected chi connectivity index (χ3v) is 1.47. The summed E-state index contributed by atoms with van der Waals surface area (Å²) < 4.78 is 1.51. The maximum Gasteiger partial charge on any atom is 0.252 e. The van der Waals surface area contributed by atoms with Crippen LogP contribution in [0.3, 0.4) is 0 Å². The number of hydrogen-bond acceptors (Lipinski definition) is 2.